The van der Waals surface area contributed by atoms with Crippen molar-refractivity contribution in [2.45, 2.75) is 44.4 Å². The predicted molar refractivity (Wildman–Crippen MR) is 72.4 cm³/mol. The van der Waals surface area contributed by atoms with Crippen LogP contribution >= 0.6 is 0 Å². The van der Waals surface area contributed by atoms with Crippen molar-refractivity contribution in [3.8, 4) is 0 Å². The molecule has 0 bridgehead atoms. The van der Waals surface area contributed by atoms with E-state index >= 15 is 0 Å². The van der Waals surface area contributed by atoms with Crippen molar-refractivity contribution in [3.05, 3.63) is 0 Å². The molecule has 2 saturated heterocycles. The van der Waals surface area contributed by atoms with Crippen LogP contribution < -0.4 is 5.32 Å². The number of likely N-dealkylation sites (tertiary alicyclic amines) is 2. The molecule has 2 heterocycles. The van der Waals surface area contributed by atoms with Crippen molar-refractivity contribution in [1.82, 2.24) is 15.1 Å². The van der Waals surface area contributed by atoms with Gasteiger partial charge in [-0.05, 0) is 25.9 Å². The number of rotatable bonds is 3. The Morgan fingerprint density at radius 3 is 2.75 bits per heavy atom. The highest BCUT2D eigenvalue weighted by Crippen LogP contribution is 2.19. The summed E-state index contributed by atoms with van der Waals surface area (Å²) in [5.74, 6) is -1.06. The van der Waals surface area contributed by atoms with Crippen LogP contribution in [0.25, 0.3) is 0 Å². The number of β-amino-alcohol motifs (C(OH)–C–C–N with tert-alkyl or cyclic N) is 1. The van der Waals surface area contributed by atoms with Gasteiger partial charge < -0.3 is 25.3 Å². The third-order valence-corrected chi connectivity index (χ3v) is 4.11. The van der Waals surface area contributed by atoms with Crippen LogP contribution in [-0.2, 0) is 4.79 Å². The lowest BCUT2D eigenvalue weighted by atomic mass is 10.1. The molecule has 0 aromatic carbocycles. The normalized spacial score (nSPS) is 31.3. The standard InChI is InChI=1S/C13H23N3O4/c1-2-15-5-3-4-9(7-15)14-13(20)16-8-10(17)6-11(16)12(18)19/h9-11,17H,2-8H2,1H3,(H,14,20)(H,18,19)/t9?,10-,11-/m1/s1. The van der Waals surface area contributed by atoms with E-state index in [1.54, 1.807) is 0 Å². The van der Waals surface area contributed by atoms with Crippen LogP contribution in [0.3, 0.4) is 0 Å². The predicted octanol–water partition coefficient (Wildman–Crippen LogP) is -0.300. The molecule has 1 unspecified atom stereocenters. The minimum Gasteiger partial charge on any atom is -0.480 e. The number of nitrogens with zero attached hydrogens (tertiary/aromatic N) is 2. The summed E-state index contributed by atoms with van der Waals surface area (Å²) in [6.07, 6.45) is 1.30. The van der Waals surface area contributed by atoms with Gasteiger partial charge in [-0.1, -0.05) is 6.92 Å². The molecule has 3 atom stereocenters. The molecule has 2 rings (SSSR count). The zero-order valence-electron chi connectivity index (χ0n) is 11.8. The van der Waals surface area contributed by atoms with Gasteiger partial charge in [-0.15, -0.1) is 0 Å². The number of likely N-dealkylation sites (N-methyl/N-ethyl adjacent to an activating group) is 1. The zero-order chi connectivity index (χ0) is 14.7. The molecule has 0 aromatic rings. The minimum absolute atomic E-state index is 0.0587. The topological polar surface area (TPSA) is 93.1 Å². The van der Waals surface area contributed by atoms with Crippen LogP contribution in [0, 0.1) is 0 Å². The van der Waals surface area contributed by atoms with Crippen LogP contribution in [0.2, 0.25) is 0 Å². The van der Waals surface area contributed by atoms with Crippen molar-refractivity contribution < 1.29 is 19.8 Å². The summed E-state index contributed by atoms with van der Waals surface area (Å²) in [6, 6.07) is -1.24. The van der Waals surface area contributed by atoms with Crippen molar-refractivity contribution >= 4 is 12.0 Å². The Morgan fingerprint density at radius 2 is 2.10 bits per heavy atom. The average molecular weight is 285 g/mol. The molecule has 2 amide bonds. The van der Waals surface area contributed by atoms with Crippen LogP contribution in [-0.4, -0.2) is 76.4 Å². The smallest absolute Gasteiger partial charge is 0.326 e. The van der Waals surface area contributed by atoms with Gasteiger partial charge in [-0.25, -0.2) is 9.59 Å². The second-order valence-electron chi connectivity index (χ2n) is 5.58. The molecule has 0 radical (unpaired) electrons. The number of hydrogen-bond acceptors (Lipinski definition) is 4. The lowest BCUT2D eigenvalue weighted by Crippen LogP contribution is -2.53. The molecule has 2 fully saturated rings. The van der Waals surface area contributed by atoms with Gasteiger partial charge in [0.1, 0.15) is 6.04 Å². The minimum atomic E-state index is -1.06. The zero-order valence-corrected chi connectivity index (χ0v) is 11.8. The Bertz CT molecular complexity index is 377. The number of carboxylic acid groups (broad SMARTS) is 1. The number of carbonyl (C=O) groups excluding carboxylic acids is 1. The molecule has 0 aromatic heterocycles. The first-order chi connectivity index (χ1) is 9.51. The molecular formula is C13H23N3O4. The van der Waals surface area contributed by atoms with E-state index in [1.807, 2.05) is 0 Å². The molecule has 0 spiro atoms. The number of aliphatic hydroxyl groups is 1. The fourth-order valence-electron chi connectivity index (χ4n) is 2.99. The number of urea groups is 1. The van der Waals surface area contributed by atoms with E-state index in [0.29, 0.717) is 0 Å². The first-order valence-electron chi connectivity index (χ1n) is 7.21. The Hall–Kier alpha value is -1.34. The Labute approximate surface area is 118 Å². The molecule has 2 aliphatic rings. The lowest BCUT2D eigenvalue weighted by Gasteiger charge is -2.33. The first kappa shape index (κ1) is 15.1. The van der Waals surface area contributed by atoms with Crippen LogP contribution in [0.1, 0.15) is 26.2 Å². The SMILES string of the molecule is CCN1CCCC(NC(=O)N2C[C@H](O)C[C@@H]2C(=O)O)C1. The van der Waals surface area contributed by atoms with Gasteiger partial charge in [0.15, 0.2) is 0 Å². The van der Waals surface area contributed by atoms with E-state index < -0.39 is 18.1 Å². The van der Waals surface area contributed by atoms with E-state index in [2.05, 4.69) is 17.1 Å². The molecule has 20 heavy (non-hydrogen) atoms. The molecule has 3 N–H and O–H groups in total. The van der Waals surface area contributed by atoms with Crippen molar-refractivity contribution in [3.63, 3.8) is 0 Å². The van der Waals surface area contributed by atoms with Gasteiger partial charge >= 0.3 is 12.0 Å². The van der Waals surface area contributed by atoms with Crippen molar-refractivity contribution in [1.29, 1.82) is 0 Å². The van der Waals surface area contributed by atoms with Gasteiger partial charge in [0.05, 0.1) is 6.10 Å². The van der Waals surface area contributed by atoms with E-state index in [9.17, 15) is 14.7 Å². The van der Waals surface area contributed by atoms with Gasteiger partial charge in [0, 0.05) is 25.6 Å². The molecular weight excluding hydrogens is 262 g/mol. The maximum absolute atomic E-state index is 12.2. The fourth-order valence-corrected chi connectivity index (χ4v) is 2.99. The number of aliphatic hydroxyl groups excluding tert-OH is 1. The highest BCUT2D eigenvalue weighted by molar-refractivity contribution is 5.83. The Morgan fingerprint density at radius 1 is 1.35 bits per heavy atom. The van der Waals surface area contributed by atoms with Crippen LogP contribution in [0.5, 0.6) is 0 Å². The summed E-state index contributed by atoms with van der Waals surface area (Å²) in [4.78, 5) is 26.8. The van der Waals surface area contributed by atoms with Gasteiger partial charge in [0.2, 0.25) is 0 Å². The van der Waals surface area contributed by atoms with Crippen molar-refractivity contribution in [2.24, 2.45) is 0 Å². The quantitative estimate of drug-likeness (QED) is 0.662. The first-order valence-corrected chi connectivity index (χ1v) is 7.21. The van der Waals surface area contributed by atoms with Crippen LogP contribution in [0.4, 0.5) is 4.79 Å². The summed E-state index contributed by atoms with van der Waals surface area (Å²) in [7, 11) is 0. The van der Waals surface area contributed by atoms with E-state index in [4.69, 9.17) is 5.11 Å². The summed E-state index contributed by atoms with van der Waals surface area (Å²) >= 11 is 0. The number of nitrogens with one attached hydrogen (secondary N) is 1. The summed E-state index contributed by atoms with van der Waals surface area (Å²) in [6.45, 7) is 4.97. The van der Waals surface area contributed by atoms with E-state index in [-0.39, 0.29) is 25.0 Å². The number of aliphatic carboxylic acids is 1. The molecule has 7 nitrogen and oxygen atoms in total. The largest absolute Gasteiger partial charge is 0.480 e. The third kappa shape index (κ3) is 3.40. The Balaban J connectivity index is 1.92. The van der Waals surface area contributed by atoms with Crippen molar-refractivity contribution in [2.75, 3.05) is 26.2 Å². The van der Waals surface area contributed by atoms with Gasteiger partial charge in [-0.2, -0.15) is 0 Å². The van der Waals surface area contributed by atoms with Gasteiger partial charge in [-0.3, -0.25) is 0 Å². The maximum atomic E-state index is 12.2. The molecule has 0 aliphatic carbocycles. The number of carbonyl (C=O) groups is 2. The van der Waals surface area contributed by atoms with Gasteiger partial charge in [0.25, 0.3) is 0 Å². The average Bonchev–Trinajstić information content (AvgIpc) is 2.81. The third-order valence-electron chi connectivity index (χ3n) is 4.11. The molecule has 114 valence electrons. The number of amides is 2. The van der Waals surface area contributed by atoms with Crippen LogP contribution in [0.15, 0.2) is 0 Å². The molecule has 0 saturated carbocycles. The second kappa shape index (κ2) is 6.41. The Kier molecular flexibility index (Phi) is 4.82. The van der Waals surface area contributed by atoms with E-state index in [0.717, 1.165) is 32.5 Å². The number of piperidine rings is 1. The fraction of sp³-hybridized carbons (Fsp3) is 0.846. The second-order valence-corrected chi connectivity index (χ2v) is 5.58. The number of hydrogen-bond donors (Lipinski definition) is 3. The summed E-state index contributed by atoms with van der Waals surface area (Å²) < 4.78 is 0. The lowest BCUT2D eigenvalue weighted by molar-refractivity contribution is -0.141. The monoisotopic (exact) mass is 285 g/mol. The molecule has 2 aliphatic heterocycles. The molecule has 7 heteroatoms. The maximum Gasteiger partial charge on any atom is 0.326 e. The summed E-state index contributed by atoms with van der Waals surface area (Å²) in [5, 5.41) is 21.6. The highest BCUT2D eigenvalue weighted by atomic mass is 16.4. The highest BCUT2D eigenvalue weighted by Gasteiger charge is 2.39. The summed E-state index contributed by atoms with van der Waals surface area (Å²) in [5.41, 5.74) is 0. The van der Waals surface area contributed by atoms with E-state index in [1.165, 1.54) is 4.90 Å². The number of carboxylic acids is 1.